The first-order chi connectivity index (χ1) is 27.5. The Labute approximate surface area is 345 Å². The van der Waals surface area contributed by atoms with Gasteiger partial charge in [0.1, 0.15) is 42.7 Å². The normalized spacial score (nSPS) is 54.7. The van der Waals surface area contributed by atoms with Gasteiger partial charge in [0.05, 0.1) is 37.4 Å². The van der Waals surface area contributed by atoms with Crippen molar-refractivity contribution in [3.63, 3.8) is 0 Å². The molecule has 0 amide bonds. The summed E-state index contributed by atoms with van der Waals surface area (Å²) in [6.07, 6.45) is -9.28. The molecule has 2 saturated heterocycles. The maximum Gasteiger partial charge on any atom is 0.337 e. The van der Waals surface area contributed by atoms with E-state index in [1.807, 2.05) is 13.8 Å². The van der Waals surface area contributed by atoms with E-state index in [1.165, 1.54) is 0 Å². The number of aliphatic hydroxyl groups excluding tert-OH is 8. The lowest BCUT2D eigenvalue weighted by molar-refractivity contribution is -0.327. The molecule has 16 nitrogen and oxygen atoms in total. The number of aliphatic hydroxyl groups is 9. The van der Waals surface area contributed by atoms with Gasteiger partial charge < -0.3 is 69.6 Å². The molecule has 5 aliphatic carbocycles. The van der Waals surface area contributed by atoms with Gasteiger partial charge in [0.15, 0.2) is 12.4 Å². The Bertz CT molecular complexity index is 1640. The molecule has 16 heteroatoms. The first kappa shape index (κ1) is 45.2. The number of hydrogen-bond donors (Lipinski definition) is 9. The molecular formula is C43H68O16. The summed E-state index contributed by atoms with van der Waals surface area (Å²) in [6.45, 7) is 11.7. The topological polar surface area (TPSA) is 262 Å². The maximum absolute atomic E-state index is 14.7. The van der Waals surface area contributed by atoms with Crippen LogP contribution in [0, 0.1) is 50.7 Å². The third-order valence-electron chi connectivity index (χ3n) is 17.9. The Morgan fingerprint density at radius 1 is 0.780 bits per heavy atom. The highest BCUT2D eigenvalue weighted by Gasteiger charge is 2.72. The van der Waals surface area contributed by atoms with Crippen LogP contribution in [0.3, 0.4) is 0 Å². The summed E-state index contributed by atoms with van der Waals surface area (Å²) < 4.78 is 28.4. The number of methoxy groups -OCH3 is 1. The Morgan fingerprint density at radius 3 is 2.08 bits per heavy atom. The zero-order valence-electron chi connectivity index (χ0n) is 35.4. The highest BCUT2D eigenvalue weighted by molar-refractivity contribution is 5.79. The highest BCUT2D eigenvalue weighted by Crippen LogP contribution is 2.76. The van der Waals surface area contributed by atoms with E-state index in [-0.39, 0.29) is 35.2 Å². The summed E-state index contributed by atoms with van der Waals surface area (Å²) in [6, 6.07) is 0. The van der Waals surface area contributed by atoms with Crippen LogP contribution in [0.5, 0.6) is 0 Å². The number of fused-ring (bicyclic) bond motifs is 7. The van der Waals surface area contributed by atoms with E-state index in [4.69, 9.17) is 23.7 Å². The third kappa shape index (κ3) is 6.43. The molecule has 4 saturated carbocycles. The number of esters is 2. The standard InChI is InChI=1S/C43H68O16/c1-20-10-15-43(37(53)59-35-30(50)27(47)26(46)22(18-44)56-35)17-16-40(4)21(33(43)42(20,6)54)8-9-24-38(2)13-12-25(39(3,19-45)23(38)11-14-41(24,40)5)57-36-31(51)28(48)29(49)32(58-36)34(52)55-7/h8,20,22-33,35-36,44-51,54H,9-19H2,1-7H3/t20-,22-,23-,24-,25+,26-,27+,28+,29+,30-,31-,32+,33-,35+,36-,38+,39+,40-,41-,42-,43+/m1/s1. The van der Waals surface area contributed by atoms with Crippen molar-refractivity contribution < 1.29 is 79.2 Å². The summed E-state index contributed by atoms with van der Waals surface area (Å²) >= 11 is 0. The lowest BCUT2D eigenvalue weighted by Crippen LogP contribution is -2.69. The van der Waals surface area contributed by atoms with Gasteiger partial charge in [-0.1, -0.05) is 46.3 Å². The van der Waals surface area contributed by atoms with E-state index in [0.717, 1.165) is 19.1 Å². The minimum atomic E-state index is -1.76. The molecule has 0 radical (unpaired) electrons. The van der Waals surface area contributed by atoms with Crippen LogP contribution in [0.15, 0.2) is 11.6 Å². The number of allylic oxidation sites excluding steroid dienone is 1. The molecule has 0 aromatic rings. The van der Waals surface area contributed by atoms with Gasteiger partial charge in [0, 0.05) is 11.3 Å². The quantitative estimate of drug-likeness (QED) is 0.0957. The van der Waals surface area contributed by atoms with Gasteiger partial charge in [-0.15, -0.1) is 0 Å². The Morgan fingerprint density at radius 2 is 1.44 bits per heavy atom. The number of rotatable bonds is 7. The lowest BCUT2D eigenvalue weighted by atomic mass is 9.33. The lowest BCUT2D eigenvalue weighted by Gasteiger charge is -2.72. The van der Waals surface area contributed by atoms with Gasteiger partial charge >= 0.3 is 11.9 Å². The maximum atomic E-state index is 14.7. The molecule has 2 aliphatic heterocycles. The number of ether oxygens (including phenoxy) is 5. The molecule has 0 spiro atoms. The van der Waals surface area contributed by atoms with Crippen molar-refractivity contribution in [2.24, 2.45) is 50.7 Å². The van der Waals surface area contributed by atoms with Gasteiger partial charge in [-0.25, -0.2) is 4.79 Å². The molecule has 21 atom stereocenters. The Balaban J connectivity index is 1.19. The van der Waals surface area contributed by atoms with E-state index in [1.54, 1.807) is 6.92 Å². The molecular weight excluding hydrogens is 772 g/mol. The Kier molecular flexibility index (Phi) is 11.9. The number of carbonyl (C=O) groups excluding carboxylic acids is 2. The summed E-state index contributed by atoms with van der Waals surface area (Å²) in [4.78, 5) is 27.1. The zero-order valence-corrected chi connectivity index (χ0v) is 35.4. The first-order valence-electron chi connectivity index (χ1n) is 21.5. The summed E-state index contributed by atoms with van der Waals surface area (Å²) in [7, 11) is 1.13. The largest absolute Gasteiger partial charge is 0.467 e. The second-order valence-corrected chi connectivity index (χ2v) is 20.4. The van der Waals surface area contributed by atoms with Crippen LogP contribution >= 0.6 is 0 Å². The van der Waals surface area contributed by atoms with Crippen LogP contribution < -0.4 is 0 Å². The molecule has 9 N–H and O–H groups in total. The summed E-state index contributed by atoms with van der Waals surface area (Å²) in [5, 5.41) is 97.2. The second-order valence-electron chi connectivity index (χ2n) is 20.4. The van der Waals surface area contributed by atoms with Gasteiger partial charge in [0.25, 0.3) is 0 Å². The third-order valence-corrected chi connectivity index (χ3v) is 17.9. The Hall–Kier alpha value is -1.80. The van der Waals surface area contributed by atoms with Gasteiger partial charge in [0.2, 0.25) is 6.29 Å². The van der Waals surface area contributed by atoms with Gasteiger partial charge in [-0.05, 0) is 98.7 Å². The van der Waals surface area contributed by atoms with E-state index in [0.29, 0.717) is 51.4 Å². The molecule has 0 aromatic heterocycles. The highest BCUT2D eigenvalue weighted by atomic mass is 16.7. The average Bonchev–Trinajstić information content (AvgIpc) is 3.20. The van der Waals surface area contributed by atoms with Crippen molar-refractivity contribution in [3.8, 4) is 0 Å². The van der Waals surface area contributed by atoms with Crippen molar-refractivity contribution in [2.45, 2.75) is 172 Å². The molecule has 0 unspecified atom stereocenters. The minimum Gasteiger partial charge on any atom is -0.467 e. The predicted octanol–water partition coefficient (Wildman–Crippen LogP) is 0.440. The smallest absolute Gasteiger partial charge is 0.337 e. The van der Waals surface area contributed by atoms with Crippen molar-refractivity contribution >= 4 is 11.9 Å². The van der Waals surface area contributed by atoms with Crippen LogP contribution in [0.2, 0.25) is 0 Å². The summed E-state index contributed by atoms with van der Waals surface area (Å²) in [5.74, 6) is -2.33. The van der Waals surface area contributed by atoms with Crippen molar-refractivity contribution in [1.82, 2.24) is 0 Å². The fraction of sp³-hybridized carbons (Fsp3) is 0.907. The van der Waals surface area contributed by atoms with E-state index >= 15 is 0 Å². The summed E-state index contributed by atoms with van der Waals surface area (Å²) in [5.41, 5.74) is -3.42. The van der Waals surface area contributed by atoms with Crippen LogP contribution in [-0.4, -0.2) is 151 Å². The second kappa shape index (κ2) is 15.5. The molecule has 336 valence electrons. The van der Waals surface area contributed by atoms with Crippen molar-refractivity contribution in [1.29, 1.82) is 0 Å². The van der Waals surface area contributed by atoms with Crippen LogP contribution in [0.1, 0.15) is 99.3 Å². The van der Waals surface area contributed by atoms with Crippen LogP contribution in [0.4, 0.5) is 0 Å². The molecule has 7 rings (SSSR count). The number of hydrogen-bond acceptors (Lipinski definition) is 16. The van der Waals surface area contributed by atoms with E-state index in [9.17, 15) is 55.5 Å². The fourth-order valence-corrected chi connectivity index (χ4v) is 13.9. The average molecular weight is 841 g/mol. The molecule has 59 heavy (non-hydrogen) atoms. The number of carbonyl (C=O) groups is 2. The first-order valence-corrected chi connectivity index (χ1v) is 21.5. The zero-order chi connectivity index (χ0) is 43.4. The monoisotopic (exact) mass is 840 g/mol. The molecule has 0 aromatic carbocycles. The van der Waals surface area contributed by atoms with E-state index < -0.39 is 114 Å². The fourth-order valence-electron chi connectivity index (χ4n) is 13.9. The SMILES string of the molecule is COC(=O)[C@H]1O[C@@H](O[C@H]2CC[C@@]3(C)[C@@H](CC[C@]4(C)[C@@H]3CC=C3[C@H]5[C@](C(=O)O[C@@H]6O[C@H](CO)[C@@H](O)[C@H](O)[C@H]6O)(CC[C@@H](C)[C@@]5(C)O)CC[C@]34C)[C@]2(C)CO)[C@H](O)[C@@H](O)[C@@H]1O. The van der Waals surface area contributed by atoms with Gasteiger partial charge in [-0.2, -0.15) is 0 Å². The molecule has 6 fully saturated rings. The molecule has 7 aliphatic rings. The van der Waals surface area contributed by atoms with Crippen LogP contribution in [-0.2, 0) is 33.3 Å². The molecule has 2 heterocycles. The minimum absolute atomic E-state index is 0.0583. The van der Waals surface area contributed by atoms with Gasteiger partial charge in [-0.3, -0.25) is 4.79 Å². The van der Waals surface area contributed by atoms with E-state index in [2.05, 4.69) is 26.8 Å². The van der Waals surface area contributed by atoms with Crippen molar-refractivity contribution in [2.75, 3.05) is 20.3 Å². The predicted molar refractivity (Wildman–Crippen MR) is 205 cm³/mol. The van der Waals surface area contributed by atoms with Crippen LogP contribution in [0.25, 0.3) is 0 Å². The molecule has 0 bridgehead atoms. The van der Waals surface area contributed by atoms with Crippen molar-refractivity contribution in [3.05, 3.63) is 11.6 Å².